The second kappa shape index (κ2) is 5.34. The molecule has 0 amide bonds. The molecular formula is C21H25N3O6. The third-order valence-corrected chi connectivity index (χ3v) is 8.70. The number of piperidine rings is 1. The molecule has 0 spiro atoms. The van der Waals surface area contributed by atoms with Crippen molar-refractivity contribution in [1.82, 2.24) is 14.7 Å². The predicted octanol–water partition coefficient (Wildman–Crippen LogP) is -1.17. The van der Waals surface area contributed by atoms with E-state index in [2.05, 4.69) is 21.7 Å². The predicted molar refractivity (Wildman–Crippen MR) is 101 cm³/mol. The second-order valence-corrected chi connectivity index (χ2v) is 9.57. The van der Waals surface area contributed by atoms with E-state index >= 15 is 0 Å². The summed E-state index contributed by atoms with van der Waals surface area (Å²) in [7, 11) is 3.51. The lowest BCUT2D eigenvalue weighted by molar-refractivity contribution is -0.193. The van der Waals surface area contributed by atoms with E-state index in [1.54, 1.807) is 6.92 Å². The number of allylic oxidation sites excluding steroid dienone is 1. The number of ketones is 2. The average Bonchev–Trinajstić information content (AvgIpc) is 3.41. The van der Waals surface area contributed by atoms with E-state index in [-0.39, 0.29) is 60.0 Å². The summed E-state index contributed by atoms with van der Waals surface area (Å²) in [6, 6.07) is -0.380. The van der Waals surface area contributed by atoms with Gasteiger partial charge in [0.15, 0.2) is 17.1 Å². The molecule has 0 aromatic rings. The smallest absolute Gasteiger partial charge is 0.229 e. The van der Waals surface area contributed by atoms with Gasteiger partial charge in [0, 0.05) is 24.1 Å². The first-order valence-corrected chi connectivity index (χ1v) is 10.7. The quantitative estimate of drug-likeness (QED) is 0.569. The lowest BCUT2D eigenvalue weighted by atomic mass is 9.63. The van der Waals surface area contributed by atoms with Crippen LogP contribution in [0, 0.1) is 5.92 Å². The largest absolute Gasteiger partial charge is 0.492 e. The van der Waals surface area contributed by atoms with Gasteiger partial charge in [0.1, 0.15) is 12.5 Å². The Labute approximate surface area is 173 Å². The minimum atomic E-state index is -1.93. The van der Waals surface area contributed by atoms with E-state index in [0.717, 1.165) is 6.42 Å². The molecule has 0 aromatic heterocycles. The number of nitrogens with zero attached hydrogens (tertiary/aromatic N) is 3. The number of hydrogen-bond acceptors (Lipinski definition) is 9. The molecule has 5 fully saturated rings. The Kier molecular flexibility index (Phi) is 3.18. The van der Waals surface area contributed by atoms with Crippen LogP contribution in [0.4, 0.5) is 0 Å². The number of ether oxygens (including phenoxy) is 3. The number of hydrogen-bond donors (Lipinski definition) is 1. The fraction of sp³-hybridized carbons (Fsp3) is 0.714. The van der Waals surface area contributed by atoms with Crippen molar-refractivity contribution in [2.75, 3.05) is 33.9 Å². The zero-order chi connectivity index (χ0) is 20.7. The summed E-state index contributed by atoms with van der Waals surface area (Å²) in [4.78, 5) is 33.9. The minimum absolute atomic E-state index is 0.0223. The molecule has 9 nitrogen and oxygen atoms in total. The van der Waals surface area contributed by atoms with E-state index < -0.39 is 23.2 Å². The van der Waals surface area contributed by atoms with Crippen molar-refractivity contribution in [3.05, 3.63) is 22.6 Å². The van der Waals surface area contributed by atoms with Gasteiger partial charge in [0.25, 0.3) is 0 Å². The number of Topliss-reactive ketones (excluding diaryl/α,β-unsaturated/α-hetero) is 2. The van der Waals surface area contributed by atoms with Gasteiger partial charge in [0.05, 0.1) is 49.7 Å². The van der Waals surface area contributed by atoms with Crippen molar-refractivity contribution in [1.29, 1.82) is 0 Å². The van der Waals surface area contributed by atoms with Crippen LogP contribution in [0.25, 0.3) is 0 Å². The van der Waals surface area contributed by atoms with Gasteiger partial charge < -0.3 is 24.2 Å². The Morgan fingerprint density at radius 3 is 2.77 bits per heavy atom. The minimum Gasteiger partial charge on any atom is -0.492 e. The molecule has 30 heavy (non-hydrogen) atoms. The topological polar surface area (TPSA) is 91.8 Å². The molecule has 1 aliphatic carbocycles. The summed E-state index contributed by atoms with van der Waals surface area (Å²) in [5.74, 6) is -0.541. The van der Waals surface area contributed by atoms with Gasteiger partial charge in [0.2, 0.25) is 5.78 Å². The van der Waals surface area contributed by atoms with Gasteiger partial charge in [-0.15, -0.1) is 0 Å². The number of piperazine rings is 1. The Bertz CT molecular complexity index is 976. The van der Waals surface area contributed by atoms with E-state index in [1.165, 1.54) is 7.11 Å². The van der Waals surface area contributed by atoms with Crippen LogP contribution >= 0.6 is 0 Å². The lowest BCUT2D eigenvalue weighted by Gasteiger charge is -2.62. The van der Waals surface area contributed by atoms with Gasteiger partial charge >= 0.3 is 0 Å². The summed E-state index contributed by atoms with van der Waals surface area (Å²) < 4.78 is 17.7. The van der Waals surface area contributed by atoms with Gasteiger partial charge in [-0.1, -0.05) is 0 Å². The lowest BCUT2D eigenvalue weighted by Crippen LogP contribution is -2.81. The number of rotatable bonds is 1. The van der Waals surface area contributed by atoms with E-state index in [9.17, 15) is 14.7 Å². The molecule has 0 saturated carbocycles. The van der Waals surface area contributed by atoms with E-state index in [0.29, 0.717) is 18.8 Å². The van der Waals surface area contributed by atoms with Crippen LogP contribution in [0.5, 0.6) is 0 Å². The van der Waals surface area contributed by atoms with Gasteiger partial charge in [-0.05, 0) is 20.4 Å². The zero-order valence-corrected chi connectivity index (χ0v) is 17.2. The Hall–Kier alpha value is -1.78. The first-order chi connectivity index (χ1) is 14.4. The highest BCUT2D eigenvalue weighted by atomic mass is 16.5. The van der Waals surface area contributed by atoms with E-state index in [4.69, 9.17) is 14.2 Å². The molecule has 8 atom stereocenters. The van der Waals surface area contributed by atoms with Crippen LogP contribution in [0.1, 0.15) is 13.3 Å². The average molecular weight is 415 g/mol. The number of likely N-dealkylation sites (N-methyl/N-ethyl adjacent to an activating group) is 1. The fourth-order valence-electron chi connectivity index (χ4n) is 7.72. The summed E-state index contributed by atoms with van der Waals surface area (Å²) in [5.41, 5.74) is -0.936. The maximum Gasteiger partial charge on any atom is 0.229 e. The maximum absolute atomic E-state index is 13.7. The summed E-state index contributed by atoms with van der Waals surface area (Å²) in [6.45, 7) is 2.99. The van der Waals surface area contributed by atoms with Crippen molar-refractivity contribution in [2.45, 2.75) is 55.6 Å². The van der Waals surface area contributed by atoms with Crippen LogP contribution < -0.4 is 0 Å². The molecular weight excluding hydrogens is 390 g/mol. The fourth-order valence-corrected chi connectivity index (χ4v) is 7.72. The van der Waals surface area contributed by atoms with E-state index in [1.807, 2.05) is 0 Å². The third-order valence-electron chi connectivity index (χ3n) is 8.70. The molecule has 0 unspecified atom stereocenters. The Morgan fingerprint density at radius 1 is 1.20 bits per heavy atom. The Balaban J connectivity index is 1.54. The molecule has 0 aromatic carbocycles. The molecule has 0 radical (unpaired) electrons. The van der Waals surface area contributed by atoms with Crippen LogP contribution in [-0.2, 0) is 23.8 Å². The number of aliphatic hydroxyl groups is 1. The standard InChI is InChI=1S/C21H25N3O6/c1-8-16(28-3)15(25)12-11-7-30-20-10-6-9-13(22(10)2)14(24(11)20)17(21(12,27)18(8)26)23-4-5-29-19(9)23/h9-10,13-14,17,19-20,27H,4-7H2,1-3H3/t9-,10-,13+,14+,17-,19-,20+,21+/m0/s1. The molecule has 7 rings (SSSR count). The summed E-state index contributed by atoms with van der Waals surface area (Å²) in [5, 5.41) is 12.2. The maximum atomic E-state index is 13.7. The monoisotopic (exact) mass is 415 g/mol. The summed E-state index contributed by atoms with van der Waals surface area (Å²) in [6.07, 6.45) is 0.597. The molecule has 6 heterocycles. The molecule has 7 aliphatic rings. The highest BCUT2D eigenvalue weighted by Gasteiger charge is 2.74. The number of carbonyl (C=O) groups excluding carboxylic acids is 2. The first-order valence-electron chi connectivity index (χ1n) is 10.7. The number of fused-ring (bicyclic) bond motifs is 7. The van der Waals surface area contributed by atoms with Crippen LogP contribution in [0.3, 0.4) is 0 Å². The molecule has 6 aliphatic heterocycles. The third kappa shape index (κ3) is 1.63. The highest BCUT2D eigenvalue weighted by Crippen LogP contribution is 2.58. The second-order valence-electron chi connectivity index (χ2n) is 9.57. The highest BCUT2D eigenvalue weighted by molar-refractivity contribution is 6.24. The molecule has 5 saturated heterocycles. The van der Waals surface area contributed by atoms with Crippen LogP contribution in [-0.4, -0.2) is 108 Å². The Morgan fingerprint density at radius 2 is 2.00 bits per heavy atom. The van der Waals surface area contributed by atoms with Crippen molar-refractivity contribution in [2.24, 2.45) is 5.92 Å². The van der Waals surface area contributed by atoms with Crippen LogP contribution in [0.2, 0.25) is 0 Å². The molecule has 9 heteroatoms. The van der Waals surface area contributed by atoms with Gasteiger partial charge in [-0.2, -0.15) is 0 Å². The van der Waals surface area contributed by atoms with Crippen molar-refractivity contribution >= 4 is 11.6 Å². The van der Waals surface area contributed by atoms with Gasteiger partial charge in [-0.25, -0.2) is 0 Å². The van der Waals surface area contributed by atoms with Crippen molar-refractivity contribution in [3.8, 4) is 0 Å². The molecule has 160 valence electrons. The van der Waals surface area contributed by atoms with Crippen molar-refractivity contribution in [3.63, 3.8) is 0 Å². The van der Waals surface area contributed by atoms with Crippen molar-refractivity contribution < 1.29 is 28.9 Å². The zero-order valence-electron chi connectivity index (χ0n) is 17.2. The van der Waals surface area contributed by atoms with Gasteiger partial charge in [-0.3, -0.25) is 19.4 Å². The molecule has 1 N–H and O–H groups in total. The molecule has 2 bridgehead atoms. The number of carbonyl (C=O) groups is 2. The SMILES string of the molecule is COC1=C(C)C(=O)[C@@]2(O)C(=C3CO[C@@H]4[C@@H]5C[C@H]6[C@H]([C@H]([C@@H]2N2CCO[C@@H]62)N34)N5C)C1=O. The van der Waals surface area contributed by atoms with Crippen LogP contribution in [0.15, 0.2) is 22.6 Å². The number of methoxy groups -OCH3 is 1. The summed E-state index contributed by atoms with van der Waals surface area (Å²) >= 11 is 0. The first kappa shape index (κ1) is 17.9. The normalized spacial score (nSPS) is 49.2.